The van der Waals surface area contributed by atoms with Crippen LogP contribution >= 0.6 is 15.9 Å². The first-order valence-corrected chi connectivity index (χ1v) is 8.73. The molecule has 1 unspecified atom stereocenters. The first-order chi connectivity index (χ1) is 11.9. The standard InChI is InChI=1S/C19H21BrN2O3/c1-13(23)16-6-4-5-7-17(16)21-19(24)12-22(2)11-14-10-15(20)8-9-18(14)25-3/h4-10H,11-12H2,1-3H3,(H,21,24)/p+1. The molecule has 132 valence electrons. The third-order valence-electron chi connectivity index (χ3n) is 3.78. The van der Waals surface area contributed by atoms with Gasteiger partial charge in [0.15, 0.2) is 12.3 Å². The summed E-state index contributed by atoms with van der Waals surface area (Å²) >= 11 is 3.46. The SMILES string of the molecule is COc1ccc(Br)cc1C[NH+](C)CC(=O)Nc1ccccc1C(C)=O. The number of para-hydroxylation sites is 1. The molecule has 0 saturated carbocycles. The van der Waals surface area contributed by atoms with Crippen molar-refractivity contribution in [3.8, 4) is 5.75 Å². The predicted molar refractivity (Wildman–Crippen MR) is 101 cm³/mol. The largest absolute Gasteiger partial charge is 0.496 e. The van der Waals surface area contributed by atoms with Gasteiger partial charge in [0.2, 0.25) is 0 Å². The van der Waals surface area contributed by atoms with E-state index in [2.05, 4.69) is 21.2 Å². The van der Waals surface area contributed by atoms with Crippen LogP contribution in [0.2, 0.25) is 0 Å². The van der Waals surface area contributed by atoms with Crippen LogP contribution in [-0.4, -0.2) is 32.4 Å². The number of ketones is 1. The Balaban J connectivity index is 2.02. The number of halogens is 1. The Labute approximate surface area is 156 Å². The fourth-order valence-electron chi connectivity index (χ4n) is 2.64. The summed E-state index contributed by atoms with van der Waals surface area (Å²) in [6, 6.07) is 12.8. The third kappa shape index (κ3) is 5.41. The van der Waals surface area contributed by atoms with Gasteiger partial charge in [-0.1, -0.05) is 28.1 Å². The van der Waals surface area contributed by atoms with Crippen LogP contribution in [0, 0.1) is 0 Å². The van der Waals surface area contributed by atoms with Crippen LogP contribution in [-0.2, 0) is 11.3 Å². The van der Waals surface area contributed by atoms with E-state index < -0.39 is 0 Å². The van der Waals surface area contributed by atoms with E-state index in [0.29, 0.717) is 17.8 Å². The minimum absolute atomic E-state index is 0.0736. The number of hydrogen-bond acceptors (Lipinski definition) is 3. The Kier molecular flexibility index (Phi) is 6.73. The lowest BCUT2D eigenvalue weighted by Crippen LogP contribution is -3.08. The van der Waals surface area contributed by atoms with Crippen LogP contribution in [0.25, 0.3) is 0 Å². The molecule has 0 aliphatic heterocycles. The van der Waals surface area contributed by atoms with Crippen LogP contribution in [0.4, 0.5) is 5.69 Å². The molecule has 0 spiro atoms. The number of rotatable bonds is 7. The van der Waals surface area contributed by atoms with Crippen molar-refractivity contribution in [1.29, 1.82) is 0 Å². The molecule has 1 amide bonds. The van der Waals surface area contributed by atoms with Crippen LogP contribution in [0.5, 0.6) is 5.75 Å². The number of benzene rings is 2. The highest BCUT2D eigenvalue weighted by molar-refractivity contribution is 9.10. The van der Waals surface area contributed by atoms with Crippen LogP contribution in [0.3, 0.4) is 0 Å². The Morgan fingerprint density at radius 2 is 1.92 bits per heavy atom. The summed E-state index contributed by atoms with van der Waals surface area (Å²) in [5.41, 5.74) is 2.08. The maximum atomic E-state index is 12.3. The van der Waals surface area contributed by atoms with Gasteiger partial charge in [0.25, 0.3) is 5.91 Å². The van der Waals surface area contributed by atoms with Crippen molar-refractivity contribution in [3.63, 3.8) is 0 Å². The molecule has 25 heavy (non-hydrogen) atoms. The predicted octanol–water partition coefficient (Wildman–Crippen LogP) is 2.31. The lowest BCUT2D eigenvalue weighted by atomic mass is 10.1. The van der Waals surface area contributed by atoms with E-state index >= 15 is 0 Å². The summed E-state index contributed by atoms with van der Waals surface area (Å²) in [6.45, 7) is 2.41. The minimum Gasteiger partial charge on any atom is -0.496 e. The molecule has 0 aliphatic carbocycles. The van der Waals surface area contributed by atoms with Gasteiger partial charge in [-0.15, -0.1) is 0 Å². The summed E-state index contributed by atoms with van der Waals surface area (Å²) < 4.78 is 6.34. The normalized spacial score (nSPS) is 11.7. The monoisotopic (exact) mass is 405 g/mol. The Morgan fingerprint density at radius 3 is 2.60 bits per heavy atom. The van der Waals surface area contributed by atoms with Crippen LogP contribution in [0.1, 0.15) is 22.8 Å². The number of likely N-dealkylation sites (N-methyl/N-ethyl adjacent to an activating group) is 1. The maximum Gasteiger partial charge on any atom is 0.279 e. The number of carbonyl (C=O) groups excluding carboxylic acids is 2. The average Bonchev–Trinajstić information content (AvgIpc) is 2.55. The summed E-state index contributed by atoms with van der Waals surface area (Å²) in [5, 5.41) is 2.83. The lowest BCUT2D eigenvalue weighted by molar-refractivity contribution is -0.885. The van der Waals surface area contributed by atoms with E-state index in [9.17, 15) is 9.59 Å². The molecule has 0 fully saturated rings. The van der Waals surface area contributed by atoms with Crippen molar-refractivity contribution < 1.29 is 19.2 Å². The number of carbonyl (C=O) groups is 2. The highest BCUT2D eigenvalue weighted by Crippen LogP contribution is 2.22. The number of Topliss-reactive ketones (excluding diaryl/α,β-unsaturated/α-hetero) is 1. The van der Waals surface area contributed by atoms with E-state index in [1.54, 1.807) is 31.4 Å². The van der Waals surface area contributed by atoms with Crippen LogP contribution in [0.15, 0.2) is 46.9 Å². The van der Waals surface area contributed by atoms with Crippen molar-refractivity contribution >= 4 is 33.3 Å². The molecule has 0 bridgehead atoms. The molecule has 6 heteroatoms. The zero-order valence-electron chi connectivity index (χ0n) is 14.6. The summed E-state index contributed by atoms with van der Waals surface area (Å²) in [7, 11) is 3.57. The van der Waals surface area contributed by atoms with Gasteiger partial charge in [-0.3, -0.25) is 9.59 Å². The van der Waals surface area contributed by atoms with Crippen molar-refractivity contribution in [2.75, 3.05) is 26.0 Å². The molecular weight excluding hydrogens is 384 g/mol. The van der Waals surface area contributed by atoms with Gasteiger partial charge in [-0.25, -0.2) is 0 Å². The lowest BCUT2D eigenvalue weighted by Gasteiger charge is -2.16. The van der Waals surface area contributed by atoms with E-state index in [4.69, 9.17) is 4.74 Å². The molecule has 2 aromatic rings. The number of amides is 1. The Bertz CT molecular complexity index is 777. The zero-order valence-corrected chi connectivity index (χ0v) is 16.1. The smallest absolute Gasteiger partial charge is 0.279 e. The minimum atomic E-state index is -0.139. The van der Waals surface area contributed by atoms with Gasteiger partial charge in [-0.05, 0) is 37.3 Å². The Hall–Kier alpha value is -2.18. The number of nitrogens with one attached hydrogen (secondary N) is 2. The molecule has 0 heterocycles. The van der Waals surface area contributed by atoms with Gasteiger partial charge in [-0.2, -0.15) is 0 Å². The molecule has 2 aromatic carbocycles. The second kappa shape index (κ2) is 8.78. The Morgan fingerprint density at radius 1 is 1.20 bits per heavy atom. The summed E-state index contributed by atoms with van der Waals surface area (Å²) in [5.74, 6) is 0.584. The first-order valence-electron chi connectivity index (χ1n) is 7.94. The fraction of sp³-hybridized carbons (Fsp3) is 0.263. The van der Waals surface area contributed by atoms with Crippen molar-refractivity contribution in [2.45, 2.75) is 13.5 Å². The van der Waals surface area contributed by atoms with Crippen LogP contribution < -0.4 is 15.0 Å². The third-order valence-corrected chi connectivity index (χ3v) is 4.27. The number of methoxy groups -OCH3 is 1. The van der Waals surface area contributed by atoms with E-state index in [1.165, 1.54) is 6.92 Å². The topological polar surface area (TPSA) is 59.8 Å². The maximum absolute atomic E-state index is 12.3. The quantitative estimate of drug-likeness (QED) is 0.694. The van der Waals surface area contributed by atoms with E-state index in [-0.39, 0.29) is 18.2 Å². The molecule has 1 atom stereocenters. The molecule has 0 aromatic heterocycles. The number of anilines is 1. The molecule has 5 nitrogen and oxygen atoms in total. The van der Waals surface area contributed by atoms with Gasteiger partial charge < -0.3 is 15.0 Å². The van der Waals surface area contributed by atoms with Crippen molar-refractivity contribution in [1.82, 2.24) is 0 Å². The first kappa shape index (κ1) is 19.1. The molecular formula is C19H22BrN2O3+. The highest BCUT2D eigenvalue weighted by Gasteiger charge is 2.15. The molecule has 0 saturated heterocycles. The molecule has 2 N–H and O–H groups in total. The van der Waals surface area contributed by atoms with Crippen molar-refractivity contribution in [2.24, 2.45) is 0 Å². The van der Waals surface area contributed by atoms with Gasteiger partial charge in [0, 0.05) is 15.6 Å². The van der Waals surface area contributed by atoms with Gasteiger partial charge in [0.1, 0.15) is 12.3 Å². The second-order valence-corrected chi connectivity index (χ2v) is 6.83. The highest BCUT2D eigenvalue weighted by atomic mass is 79.9. The van der Waals surface area contributed by atoms with E-state index in [0.717, 1.165) is 20.7 Å². The number of ether oxygens (including phenoxy) is 1. The number of hydrogen-bond donors (Lipinski definition) is 2. The van der Waals surface area contributed by atoms with Gasteiger partial charge in [0.05, 0.1) is 19.8 Å². The molecule has 0 aliphatic rings. The molecule has 2 rings (SSSR count). The van der Waals surface area contributed by atoms with Crippen molar-refractivity contribution in [3.05, 3.63) is 58.1 Å². The molecule has 0 radical (unpaired) electrons. The second-order valence-electron chi connectivity index (χ2n) is 5.92. The fourth-order valence-corrected chi connectivity index (χ4v) is 3.05. The van der Waals surface area contributed by atoms with Gasteiger partial charge >= 0.3 is 0 Å². The van der Waals surface area contributed by atoms with E-state index in [1.807, 2.05) is 25.2 Å². The zero-order chi connectivity index (χ0) is 18.4. The number of quaternary nitrogens is 1. The summed E-state index contributed by atoms with van der Waals surface area (Å²) in [4.78, 5) is 25.0. The summed E-state index contributed by atoms with van der Waals surface area (Å²) in [6.07, 6.45) is 0. The average molecular weight is 406 g/mol.